The lowest BCUT2D eigenvalue weighted by Crippen LogP contribution is -2.21. The van der Waals surface area contributed by atoms with Crippen molar-refractivity contribution in [3.8, 4) is 17.0 Å². The molecule has 0 aliphatic heterocycles. The standard InChI is InChI=1S/C17H15N5O3S/c18-16(19)21-17-20-13(10-26-17)12-6-7-15(14(8-12)22(23)24)25-9-11-4-2-1-3-5-11/h1-8,10H,9H2,(H4,18,19,20,21). The van der Waals surface area contributed by atoms with Crippen LogP contribution in [0.1, 0.15) is 5.56 Å². The number of hydrogen-bond donors (Lipinski definition) is 2. The maximum atomic E-state index is 11.4. The molecule has 0 bridgehead atoms. The van der Waals surface area contributed by atoms with Gasteiger partial charge in [-0.25, -0.2) is 4.98 Å². The Bertz CT molecular complexity index is 952. The molecule has 0 aliphatic carbocycles. The highest BCUT2D eigenvalue weighted by atomic mass is 32.1. The van der Waals surface area contributed by atoms with E-state index in [9.17, 15) is 10.1 Å². The number of thiazole rings is 1. The van der Waals surface area contributed by atoms with Gasteiger partial charge in [-0.2, -0.15) is 4.99 Å². The molecule has 0 saturated carbocycles. The summed E-state index contributed by atoms with van der Waals surface area (Å²) in [5.74, 6) is 0.101. The predicted molar refractivity (Wildman–Crippen MR) is 100 cm³/mol. The van der Waals surface area contributed by atoms with Crippen molar-refractivity contribution in [3.63, 3.8) is 0 Å². The van der Waals surface area contributed by atoms with E-state index < -0.39 is 4.92 Å². The molecule has 0 saturated heterocycles. The highest BCUT2D eigenvalue weighted by Crippen LogP contribution is 2.34. The number of nitrogens with zero attached hydrogens (tertiary/aromatic N) is 3. The first kappa shape index (κ1) is 17.4. The normalized spacial score (nSPS) is 10.3. The van der Waals surface area contributed by atoms with Crippen molar-refractivity contribution in [2.45, 2.75) is 6.61 Å². The molecule has 0 unspecified atom stereocenters. The molecular formula is C17H15N5O3S. The molecule has 1 heterocycles. The van der Waals surface area contributed by atoms with Crippen molar-refractivity contribution in [1.29, 1.82) is 0 Å². The van der Waals surface area contributed by atoms with E-state index >= 15 is 0 Å². The van der Waals surface area contributed by atoms with Gasteiger partial charge in [-0.15, -0.1) is 11.3 Å². The summed E-state index contributed by atoms with van der Waals surface area (Å²) >= 11 is 1.24. The van der Waals surface area contributed by atoms with Crippen LogP contribution < -0.4 is 16.2 Å². The van der Waals surface area contributed by atoms with E-state index in [1.54, 1.807) is 17.5 Å². The molecule has 0 aliphatic rings. The van der Waals surface area contributed by atoms with Gasteiger partial charge in [0.1, 0.15) is 6.61 Å². The second-order valence-corrected chi connectivity index (χ2v) is 6.10. The van der Waals surface area contributed by atoms with Crippen LogP contribution in [0.4, 0.5) is 10.8 Å². The number of nitro benzene ring substituents is 1. The van der Waals surface area contributed by atoms with Crippen molar-refractivity contribution in [2.75, 3.05) is 0 Å². The molecule has 8 nitrogen and oxygen atoms in total. The van der Waals surface area contributed by atoms with Gasteiger partial charge < -0.3 is 16.2 Å². The minimum Gasteiger partial charge on any atom is -0.482 e. The molecule has 0 atom stereocenters. The number of hydrogen-bond acceptors (Lipinski definition) is 6. The average Bonchev–Trinajstić information content (AvgIpc) is 3.08. The third-order valence-electron chi connectivity index (χ3n) is 3.41. The van der Waals surface area contributed by atoms with Gasteiger partial charge in [0.05, 0.1) is 10.6 Å². The predicted octanol–water partition coefficient (Wildman–Crippen LogP) is 3.20. The van der Waals surface area contributed by atoms with Crippen LogP contribution in [-0.2, 0) is 6.61 Å². The summed E-state index contributed by atoms with van der Waals surface area (Å²) in [7, 11) is 0. The van der Waals surface area contributed by atoms with Gasteiger partial charge in [0.25, 0.3) is 0 Å². The van der Waals surface area contributed by atoms with Crippen LogP contribution in [0.15, 0.2) is 58.9 Å². The van der Waals surface area contributed by atoms with Crippen LogP contribution >= 0.6 is 11.3 Å². The summed E-state index contributed by atoms with van der Waals surface area (Å²) in [6.45, 7) is 0.242. The first-order valence-electron chi connectivity index (χ1n) is 7.53. The quantitative estimate of drug-likeness (QED) is 0.297. The van der Waals surface area contributed by atoms with E-state index in [0.717, 1.165) is 5.56 Å². The molecule has 26 heavy (non-hydrogen) atoms. The Kier molecular flexibility index (Phi) is 5.09. The lowest BCUT2D eigenvalue weighted by atomic mass is 10.1. The Morgan fingerprint density at radius 1 is 1.23 bits per heavy atom. The highest BCUT2D eigenvalue weighted by molar-refractivity contribution is 7.13. The van der Waals surface area contributed by atoms with Gasteiger partial charge >= 0.3 is 5.69 Å². The number of aromatic nitrogens is 1. The van der Waals surface area contributed by atoms with Crippen LogP contribution in [0.3, 0.4) is 0 Å². The van der Waals surface area contributed by atoms with E-state index in [1.165, 1.54) is 17.4 Å². The zero-order valence-corrected chi connectivity index (χ0v) is 14.3. The Hall–Kier alpha value is -3.46. The van der Waals surface area contributed by atoms with E-state index in [2.05, 4.69) is 9.98 Å². The van der Waals surface area contributed by atoms with Gasteiger partial charge in [0.2, 0.25) is 5.13 Å². The molecule has 2 aromatic carbocycles. The summed E-state index contributed by atoms with van der Waals surface area (Å²) in [4.78, 5) is 19.1. The summed E-state index contributed by atoms with van der Waals surface area (Å²) in [6, 6.07) is 14.1. The van der Waals surface area contributed by atoms with Crippen LogP contribution in [-0.4, -0.2) is 15.9 Å². The van der Waals surface area contributed by atoms with Crippen LogP contribution in [0.2, 0.25) is 0 Å². The number of aliphatic imine (C=N–C) groups is 1. The van der Waals surface area contributed by atoms with Gasteiger partial charge in [0, 0.05) is 17.0 Å². The zero-order chi connectivity index (χ0) is 18.5. The summed E-state index contributed by atoms with van der Waals surface area (Å²) in [5, 5.41) is 13.5. The number of rotatable bonds is 6. The molecule has 3 rings (SSSR count). The average molecular weight is 369 g/mol. The topological polar surface area (TPSA) is 130 Å². The van der Waals surface area contributed by atoms with Gasteiger partial charge in [-0.05, 0) is 17.7 Å². The first-order chi connectivity index (χ1) is 12.5. The SMILES string of the molecule is NC(N)=Nc1nc(-c2ccc(OCc3ccccc3)c([N+](=O)[O-])c2)cs1. The summed E-state index contributed by atoms with van der Waals surface area (Å²) < 4.78 is 5.62. The second kappa shape index (κ2) is 7.62. The smallest absolute Gasteiger partial charge is 0.311 e. The van der Waals surface area contributed by atoms with E-state index in [4.69, 9.17) is 16.2 Å². The van der Waals surface area contributed by atoms with Crippen molar-refractivity contribution in [2.24, 2.45) is 16.5 Å². The fourth-order valence-corrected chi connectivity index (χ4v) is 2.95. The lowest BCUT2D eigenvalue weighted by molar-refractivity contribution is -0.385. The molecule has 9 heteroatoms. The van der Waals surface area contributed by atoms with Crippen molar-refractivity contribution < 1.29 is 9.66 Å². The van der Waals surface area contributed by atoms with E-state index in [-0.39, 0.29) is 24.0 Å². The minimum atomic E-state index is -0.479. The molecule has 1 aromatic heterocycles. The van der Waals surface area contributed by atoms with Gasteiger partial charge in [-0.3, -0.25) is 10.1 Å². The molecule has 0 spiro atoms. The minimum absolute atomic E-state index is 0.0958. The Labute approximate surface area is 152 Å². The summed E-state index contributed by atoms with van der Waals surface area (Å²) in [5.41, 5.74) is 12.6. The molecular weight excluding hydrogens is 354 g/mol. The fourth-order valence-electron chi connectivity index (χ4n) is 2.24. The molecule has 3 aromatic rings. The van der Waals surface area contributed by atoms with Gasteiger partial charge in [0.15, 0.2) is 11.7 Å². The first-order valence-corrected chi connectivity index (χ1v) is 8.41. The molecule has 0 amide bonds. The molecule has 132 valence electrons. The molecule has 0 fully saturated rings. The van der Waals surface area contributed by atoms with Crippen LogP contribution in [0.5, 0.6) is 5.75 Å². The third kappa shape index (κ3) is 4.14. The monoisotopic (exact) mass is 369 g/mol. The highest BCUT2D eigenvalue weighted by Gasteiger charge is 2.18. The number of guanidine groups is 1. The Morgan fingerprint density at radius 2 is 2.00 bits per heavy atom. The largest absolute Gasteiger partial charge is 0.482 e. The fraction of sp³-hybridized carbons (Fsp3) is 0.0588. The maximum absolute atomic E-state index is 11.4. The van der Waals surface area contributed by atoms with Crippen LogP contribution in [0, 0.1) is 10.1 Å². The number of nitro groups is 1. The van der Waals surface area contributed by atoms with E-state index in [0.29, 0.717) is 16.4 Å². The summed E-state index contributed by atoms with van der Waals surface area (Å²) in [6.07, 6.45) is 0. The maximum Gasteiger partial charge on any atom is 0.311 e. The molecule has 0 radical (unpaired) electrons. The number of ether oxygens (including phenoxy) is 1. The van der Waals surface area contributed by atoms with Crippen molar-refractivity contribution >= 4 is 28.1 Å². The molecule has 4 N–H and O–H groups in total. The number of benzene rings is 2. The van der Waals surface area contributed by atoms with Crippen LogP contribution in [0.25, 0.3) is 11.3 Å². The van der Waals surface area contributed by atoms with Crippen molar-refractivity contribution in [3.05, 3.63) is 69.6 Å². The third-order valence-corrected chi connectivity index (χ3v) is 4.14. The zero-order valence-electron chi connectivity index (χ0n) is 13.5. The number of nitrogens with two attached hydrogens (primary N) is 2. The van der Waals surface area contributed by atoms with Crippen molar-refractivity contribution in [1.82, 2.24) is 4.98 Å². The van der Waals surface area contributed by atoms with E-state index in [1.807, 2.05) is 30.3 Å². The Morgan fingerprint density at radius 3 is 2.69 bits per heavy atom. The second-order valence-electron chi connectivity index (χ2n) is 5.27. The van der Waals surface area contributed by atoms with Gasteiger partial charge in [-0.1, -0.05) is 30.3 Å². The Balaban J connectivity index is 1.86. The lowest BCUT2D eigenvalue weighted by Gasteiger charge is -2.08.